The highest BCUT2D eigenvalue weighted by atomic mass is 19.1. The van der Waals surface area contributed by atoms with Gasteiger partial charge in [0.1, 0.15) is 11.6 Å². The van der Waals surface area contributed by atoms with Crippen LogP contribution in [0.1, 0.15) is 72.9 Å². The minimum absolute atomic E-state index is 0.0894. The van der Waals surface area contributed by atoms with E-state index in [1.165, 1.54) is 25.0 Å². The largest absolute Gasteiger partial charge is 0.394 e. The molecule has 1 saturated carbocycles. The highest BCUT2D eigenvalue weighted by Gasteiger charge is 2.22. The van der Waals surface area contributed by atoms with Crippen molar-refractivity contribution in [1.82, 2.24) is 25.6 Å². The molecule has 0 aliphatic heterocycles. The number of fused-ring (bicyclic) bond motifs is 1. The van der Waals surface area contributed by atoms with Gasteiger partial charge in [0.15, 0.2) is 5.69 Å². The third-order valence-corrected chi connectivity index (χ3v) is 6.29. The number of carbonyl (C=O) groups is 1. The van der Waals surface area contributed by atoms with E-state index in [1.54, 1.807) is 24.5 Å². The Morgan fingerprint density at radius 1 is 1.31 bits per heavy atom. The zero-order chi connectivity index (χ0) is 25.0. The molecule has 0 bridgehead atoms. The number of rotatable bonds is 9. The average molecular weight is 479 g/mol. The van der Waals surface area contributed by atoms with Gasteiger partial charge in [0.2, 0.25) is 0 Å². The molecule has 0 saturated heterocycles. The third kappa shape index (κ3) is 5.74. The van der Waals surface area contributed by atoms with Crippen molar-refractivity contribution >= 4 is 28.7 Å². The number of hydrogen-bond donors (Lipinski definition) is 5. The number of benzene rings is 1. The second-order valence-electron chi connectivity index (χ2n) is 9.62. The second kappa shape index (κ2) is 10.4. The summed E-state index contributed by atoms with van der Waals surface area (Å²) in [5, 5.41) is 23.0. The summed E-state index contributed by atoms with van der Waals surface area (Å²) >= 11 is 0. The summed E-state index contributed by atoms with van der Waals surface area (Å²) in [6.45, 7) is 3.60. The highest BCUT2D eigenvalue weighted by Crippen LogP contribution is 2.33. The van der Waals surface area contributed by atoms with Crippen molar-refractivity contribution in [1.29, 1.82) is 5.41 Å². The maximum absolute atomic E-state index is 14.4. The van der Waals surface area contributed by atoms with Crippen molar-refractivity contribution in [2.45, 2.75) is 57.5 Å². The molecule has 0 unspecified atom stereocenters. The van der Waals surface area contributed by atoms with E-state index in [2.05, 4.69) is 25.6 Å². The van der Waals surface area contributed by atoms with E-state index in [0.29, 0.717) is 33.7 Å². The predicted molar refractivity (Wildman–Crippen MR) is 134 cm³/mol. The number of carbonyl (C=O) groups excluding carboxylic acids is 1. The summed E-state index contributed by atoms with van der Waals surface area (Å²) in [5.41, 5.74) is 2.47. The van der Waals surface area contributed by atoms with Gasteiger partial charge in [-0.1, -0.05) is 12.8 Å². The monoisotopic (exact) mass is 478 g/mol. The van der Waals surface area contributed by atoms with Gasteiger partial charge in [0.05, 0.1) is 23.2 Å². The Hall–Kier alpha value is -3.59. The minimum Gasteiger partial charge on any atom is -0.394 e. The van der Waals surface area contributed by atoms with E-state index in [9.17, 15) is 14.3 Å². The predicted octanol–water partition coefficient (Wildman–Crippen LogP) is 4.04. The van der Waals surface area contributed by atoms with Crippen LogP contribution in [-0.4, -0.2) is 44.3 Å². The van der Waals surface area contributed by atoms with Gasteiger partial charge in [-0.2, -0.15) is 0 Å². The molecule has 1 aromatic carbocycles. The number of imidazole rings is 1. The van der Waals surface area contributed by atoms with E-state index in [1.807, 2.05) is 13.8 Å². The lowest BCUT2D eigenvalue weighted by Crippen LogP contribution is -2.39. The van der Waals surface area contributed by atoms with E-state index in [-0.39, 0.29) is 24.8 Å². The smallest absolute Gasteiger partial charge is 0.272 e. The lowest BCUT2D eigenvalue weighted by Gasteiger charge is -2.22. The number of aliphatic hydroxyl groups excluding tert-OH is 1. The molecule has 0 radical (unpaired) electrons. The number of hydrogen-bond acceptors (Lipinski definition) is 6. The topological polar surface area (TPSA) is 127 Å². The van der Waals surface area contributed by atoms with Crippen LogP contribution in [0.15, 0.2) is 36.7 Å². The standard InChI is InChI=1S/C26H31FN6O2/c1-26(2,15-34)31-14-19(12-28)18-9-16(10-20(27)11-18)13-30-25(35)23-22-21(7-8-29-23)32-24(33-22)17-5-3-4-6-17/h7-12,14,17,28,31,34H,3-6,13,15H2,1-2H3,(H,30,35)(H,32,33)/b19-14+,28-12?. The van der Waals surface area contributed by atoms with Crippen LogP contribution in [0, 0.1) is 11.2 Å². The maximum Gasteiger partial charge on any atom is 0.272 e. The van der Waals surface area contributed by atoms with Crippen LogP contribution >= 0.6 is 0 Å². The van der Waals surface area contributed by atoms with E-state index < -0.39 is 11.4 Å². The first kappa shape index (κ1) is 24.5. The van der Waals surface area contributed by atoms with Crippen LogP contribution in [0.25, 0.3) is 16.6 Å². The quantitative estimate of drug-likeness (QED) is 0.297. The molecular weight excluding hydrogens is 447 g/mol. The molecule has 3 aromatic rings. The number of nitrogens with one attached hydrogen (secondary N) is 4. The molecule has 184 valence electrons. The fraction of sp³-hybridized carbons (Fsp3) is 0.385. The summed E-state index contributed by atoms with van der Waals surface area (Å²) in [5.74, 6) is 0.434. The van der Waals surface area contributed by atoms with E-state index in [0.717, 1.165) is 24.9 Å². The number of allylic oxidation sites excluding steroid dienone is 1. The molecule has 2 aromatic heterocycles. The van der Waals surface area contributed by atoms with Crippen molar-refractivity contribution in [3.8, 4) is 0 Å². The van der Waals surface area contributed by atoms with Gasteiger partial charge >= 0.3 is 0 Å². The molecule has 0 spiro atoms. The van der Waals surface area contributed by atoms with Crippen molar-refractivity contribution in [3.05, 3.63) is 65.1 Å². The third-order valence-electron chi connectivity index (χ3n) is 6.29. The van der Waals surface area contributed by atoms with Crippen LogP contribution in [0.2, 0.25) is 0 Å². The Labute approximate surface area is 203 Å². The van der Waals surface area contributed by atoms with Crippen LogP contribution in [0.5, 0.6) is 0 Å². The molecule has 35 heavy (non-hydrogen) atoms. The number of amides is 1. The Balaban J connectivity index is 1.51. The molecule has 8 nitrogen and oxygen atoms in total. The van der Waals surface area contributed by atoms with E-state index in [4.69, 9.17) is 5.41 Å². The summed E-state index contributed by atoms with van der Waals surface area (Å²) in [6, 6.07) is 6.18. The minimum atomic E-state index is -0.587. The molecule has 5 N–H and O–H groups in total. The fourth-order valence-corrected chi connectivity index (χ4v) is 4.23. The zero-order valence-electron chi connectivity index (χ0n) is 20.0. The Morgan fingerprint density at radius 3 is 2.80 bits per heavy atom. The summed E-state index contributed by atoms with van der Waals surface area (Å²) < 4.78 is 14.4. The first-order chi connectivity index (χ1) is 16.8. The molecule has 0 atom stereocenters. The van der Waals surface area contributed by atoms with Gasteiger partial charge in [-0.25, -0.2) is 14.4 Å². The van der Waals surface area contributed by atoms with Crippen LogP contribution in [0.4, 0.5) is 4.39 Å². The molecule has 9 heteroatoms. The average Bonchev–Trinajstić information content (AvgIpc) is 3.52. The van der Waals surface area contributed by atoms with E-state index >= 15 is 0 Å². The maximum atomic E-state index is 14.4. The van der Waals surface area contributed by atoms with Crippen molar-refractivity contribution in [2.24, 2.45) is 0 Å². The molecule has 1 aliphatic rings. The van der Waals surface area contributed by atoms with Gasteiger partial charge in [0, 0.05) is 36.6 Å². The molecular formula is C26H31FN6O2. The normalized spacial score (nSPS) is 14.9. The highest BCUT2D eigenvalue weighted by molar-refractivity contribution is 6.08. The Bertz CT molecular complexity index is 1260. The molecule has 1 fully saturated rings. The van der Waals surface area contributed by atoms with Gasteiger partial charge in [-0.05, 0) is 62.1 Å². The second-order valence-corrected chi connectivity index (χ2v) is 9.62. The number of aromatic nitrogens is 3. The number of H-pyrrole nitrogens is 1. The summed E-state index contributed by atoms with van der Waals surface area (Å²) in [4.78, 5) is 25.2. The fourth-order valence-electron chi connectivity index (χ4n) is 4.23. The van der Waals surface area contributed by atoms with Crippen molar-refractivity contribution in [3.63, 3.8) is 0 Å². The number of halogens is 1. The number of nitrogens with zero attached hydrogens (tertiary/aromatic N) is 2. The lowest BCUT2D eigenvalue weighted by atomic mass is 10.0. The first-order valence-corrected chi connectivity index (χ1v) is 11.8. The Kier molecular flexibility index (Phi) is 7.25. The molecule has 1 aliphatic carbocycles. The Morgan fingerprint density at radius 2 is 2.09 bits per heavy atom. The zero-order valence-corrected chi connectivity index (χ0v) is 20.0. The van der Waals surface area contributed by atoms with Crippen molar-refractivity contribution in [2.75, 3.05) is 6.61 Å². The molecule has 1 amide bonds. The molecule has 2 heterocycles. The number of aliphatic hydroxyl groups is 1. The number of aromatic amines is 1. The molecule has 4 rings (SSSR count). The first-order valence-electron chi connectivity index (χ1n) is 11.8. The van der Waals surface area contributed by atoms with Gasteiger partial charge in [-0.3, -0.25) is 4.79 Å². The number of pyridine rings is 1. The summed E-state index contributed by atoms with van der Waals surface area (Å²) in [6.07, 6.45) is 8.82. The van der Waals surface area contributed by atoms with Crippen molar-refractivity contribution < 1.29 is 14.3 Å². The summed E-state index contributed by atoms with van der Waals surface area (Å²) in [7, 11) is 0. The van der Waals surface area contributed by atoms with Crippen LogP contribution in [0.3, 0.4) is 0 Å². The SMILES string of the molecule is CC(C)(CO)N/C=C(\C=N)c1cc(F)cc(CNC(=O)c2nccc3nc(C4CCCC4)[nH]c23)c1. The van der Waals surface area contributed by atoms with Crippen LogP contribution in [-0.2, 0) is 6.54 Å². The van der Waals surface area contributed by atoms with Gasteiger partial charge in [-0.15, -0.1) is 0 Å². The lowest BCUT2D eigenvalue weighted by molar-refractivity contribution is 0.0947. The van der Waals surface area contributed by atoms with Gasteiger partial charge in [0.25, 0.3) is 5.91 Å². The van der Waals surface area contributed by atoms with Crippen LogP contribution < -0.4 is 10.6 Å². The van der Waals surface area contributed by atoms with Gasteiger partial charge < -0.3 is 26.1 Å².